The molecule has 1 amide bonds. The smallest absolute Gasteiger partial charge is 0.475 e. The van der Waals surface area contributed by atoms with Gasteiger partial charge in [-0.05, 0) is 35.7 Å². The van der Waals surface area contributed by atoms with Crippen molar-refractivity contribution in [1.29, 1.82) is 0 Å². The number of fused-ring (bicyclic) bond motifs is 1. The van der Waals surface area contributed by atoms with Crippen molar-refractivity contribution in [3.05, 3.63) is 38.5 Å². The Morgan fingerprint density at radius 2 is 2.03 bits per heavy atom. The van der Waals surface area contributed by atoms with Gasteiger partial charge < -0.3 is 10.0 Å². The minimum absolute atomic E-state index is 0.288. The third-order valence-corrected chi connectivity index (χ3v) is 6.49. The van der Waals surface area contributed by atoms with E-state index in [-0.39, 0.29) is 5.91 Å². The van der Waals surface area contributed by atoms with Gasteiger partial charge in [0.15, 0.2) is 0 Å². The van der Waals surface area contributed by atoms with Gasteiger partial charge in [-0.2, -0.15) is 24.5 Å². The highest BCUT2D eigenvalue weighted by atomic mass is 32.1. The summed E-state index contributed by atoms with van der Waals surface area (Å²) in [5.41, 5.74) is 2.40. The molecule has 1 N–H and O–H groups in total. The van der Waals surface area contributed by atoms with Gasteiger partial charge in [-0.15, -0.1) is 11.3 Å². The Bertz CT molecular complexity index is 854. The first-order valence-corrected chi connectivity index (χ1v) is 10.7. The molecule has 2 fully saturated rings. The zero-order valence-electron chi connectivity index (χ0n) is 15.6. The van der Waals surface area contributed by atoms with Crippen LogP contribution in [0.15, 0.2) is 22.2 Å². The number of rotatable bonds is 4. The van der Waals surface area contributed by atoms with Gasteiger partial charge in [-0.25, -0.2) is 9.78 Å². The maximum atomic E-state index is 12.4. The van der Waals surface area contributed by atoms with Crippen LogP contribution in [-0.2, 0) is 22.7 Å². The molecule has 2 aromatic heterocycles. The van der Waals surface area contributed by atoms with E-state index >= 15 is 0 Å². The van der Waals surface area contributed by atoms with Crippen LogP contribution < -0.4 is 0 Å². The molecular weight excluding hydrogens is 427 g/mol. The van der Waals surface area contributed by atoms with Gasteiger partial charge in [-0.3, -0.25) is 9.69 Å². The van der Waals surface area contributed by atoms with E-state index in [1.807, 2.05) is 6.92 Å². The molecule has 0 aromatic carbocycles. The van der Waals surface area contributed by atoms with Crippen molar-refractivity contribution in [3.8, 4) is 0 Å². The number of carbonyl (C=O) groups excluding carboxylic acids is 1. The predicted molar refractivity (Wildman–Crippen MR) is 103 cm³/mol. The van der Waals surface area contributed by atoms with E-state index in [0.717, 1.165) is 30.2 Å². The summed E-state index contributed by atoms with van der Waals surface area (Å²) in [6, 6.07) is 2.94. The van der Waals surface area contributed by atoms with Crippen LogP contribution in [0.4, 0.5) is 13.2 Å². The standard InChI is InChI=1S/C16H19N3OS2.C2HF3O2/c1-11-17-13(10-22-11)8-19-14-2-4-18(15(14)6-16(19)20)7-12-3-5-21-9-12;3-2(4,5)1(6)7/h3,5,9-10,14-15H,2,4,6-8H2,1H3;(H,6,7)/t14-,15+;/m1./s1. The first-order chi connectivity index (χ1) is 13.6. The van der Waals surface area contributed by atoms with Crippen molar-refractivity contribution in [1.82, 2.24) is 14.8 Å². The first-order valence-electron chi connectivity index (χ1n) is 8.91. The largest absolute Gasteiger partial charge is 0.490 e. The Morgan fingerprint density at radius 3 is 2.59 bits per heavy atom. The molecule has 4 rings (SSSR count). The normalized spacial score (nSPS) is 21.8. The number of aliphatic carboxylic acids is 1. The number of alkyl halides is 3. The predicted octanol–water partition coefficient (Wildman–Crippen LogP) is 3.52. The SMILES string of the molecule is Cc1nc(CN2C(=O)C[C@H]3[C@H]2CCN3Cc2ccsc2)cs1.O=C(O)C(F)(F)F. The van der Waals surface area contributed by atoms with Crippen LogP contribution in [0.25, 0.3) is 0 Å². The number of thiophene rings is 1. The number of hydrogen-bond acceptors (Lipinski definition) is 6. The van der Waals surface area contributed by atoms with Gasteiger partial charge in [0.25, 0.3) is 0 Å². The van der Waals surface area contributed by atoms with Crippen molar-refractivity contribution in [3.63, 3.8) is 0 Å². The van der Waals surface area contributed by atoms with Crippen LogP contribution >= 0.6 is 22.7 Å². The molecule has 6 nitrogen and oxygen atoms in total. The maximum Gasteiger partial charge on any atom is 0.490 e. The summed E-state index contributed by atoms with van der Waals surface area (Å²) in [4.78, 5) is 30.4. The van der Waals surface area contributed by atoms with Crippen molar-refractivity contribution in [2.45, 2.75) is 51.1 Å². The van der Waals surface area contributed by atoms with Crippen molar-refractivity contribution >= 4 is 34.6 Å². The zero-order chi connectivity index (χ0) is 21.2. The highest BCUT2D eigenvalue weighted by Gasteiger charge is 2.46. The molecule has 158 valence electrons. The number of nitrogens with zero attached hydrogens (tertiary/aromatic N) is 3. The van der Waals surface area contributed by atoms with E-state index in [4.69, 9.17) is 9.90 Å². The lowest BCUT2D eigenvalue weighted by atomic mass is 10.1. The van der Waals surface area contributed by atoms with E-state index in [1.165, 1.54) is 5.56 Å². The Hall–Kier alpha value is -1.98. The molecule has 4 heterocycles. The molecule has 0 radical (unpaired) electrons. The van der Waals surface area contributed by atoms with Crippen LogP contribution in [0, 0.1) is 6.92 Å². The first kappa shape index (κ1) is 21.7. The number of likely N-dealkylation sites (tertiary alicyclic amines) is 2. The Kier molecular flexibility index (Phi) is 6.59. The van der Waals surface area contributed by atoms with Gasteiger partial charge in [0.2, 0.25) is 5.91 Å². The van der Waals surface area contributed by atoms with E-state index < -0.39 is 12.1 Å². The van der Waals surface area contributed by atoms with Gasteiger partial charge in [0, 0.05) is 37.0 Å². The molecule has 2 saturated heterocycles. The lowest BCUT2D eigenvalue weighted by Gasteiger charge is -2.24. The molecule has 2 aliphatic rings. The van der Waals surface area contributed by atoms with Crippen LogP contribution in [0.3, 0.4) is 0 Å². The van der Waals surface area contributed by atoms with Gasteiger partial charge in [-0.1, -0.05) is 0 Å². The van der Waals surface area contributed by atoms with Crippen molar-refractivity contribution in [2.75, 3.05) is 6.54 Å². The number of amides is 1. The van der Waals surface area contributed by atoms with Crippen molar-refractivity contribution in [2.24, 2.45) is 0 Å². The summed E-state index contributed by atoms with van der Waals surface area (Å²) in [5.74, 6) is -2.47. The number of thiazole rings is 1. The number of carbonyl (C=O) groups is 2. The van der Waals surface area contributed by atoms with Crippen molar-refractivity contribution < 1.29 is 27.9 Å². The number of carboxylic acid groups (broad SMARTS) is 1. The van der Waals surface area contributed by atoms with Crippen LogP contribution in [0.1, 0.15) is 29.1 Å². The average Bonchev–Trinajstić information content (AvgIpc) is 3.39. The minimum atomic E-state index is -5.08. The molecule has 2 atom stereocenters. The molecule has 0 aliphatic carbocycles. The van der Waals surface area contributed by atoms with E-state index in [1.54, 1.807) is 22.7 Å². The summed E-state index contributed by atoms with van der Waals surface area (Å²) < 4.78 is 31.7. The second kappa shape index (κ2) is 8.80. The van der Waals surface area contributed by atoms with Crippen LogP contribution in [0.2, 0.25) is 0 Å². The minimum Gasteiger partial charge on any atom is -0.475 e. The Morgan fingerprint density at radius 1 is 1.31 bits per heavy atom. The summed E-state index contributed by atoms with van der Waals surface area (Å²) in [6.07, 6.45) is -3.33. The summed E-state index contributed by atoms with van der Waals surface area (Å²) >= 11 is 3.40. The third kappa shape index (κ3) is 5.34. The fourth-order valence-corrected chi connectivity index (χ4v) is 4.95. The highest BCUT2D eigenvalue weighted by Crippen LogP contribution is 2.34. The number of carboxylic acids is 1. The molecule has 0 spiro atoms. The molecular formula is C18H20F3N3O3S2. The molecule has 11 heteroatoms. The lowest BCUT2D eigenvalue weighted by molar-refractivity contribution is -0.192. The summed E-state index contributed by atoms with van der Waals surface area (Å²) in [7, 11) is 0. The van der Waals surface area contributed by atoms with Crippen LogP contribution in [0.5, 0.6) is 0 Å². The summed E-state index contributed by atoms with van der Waals surface area (Å²) in [6.45, 7) is 4.75. The number of aryl methyl sites for hydroxylation is 1. The Labute approximate surface area is 173 Å². The second-order valence-corrected chi connectivity index (χ2v) is 8.75. The van der Waals surface area contributed by atoms with E-state index in [9.17, 15) is 18.0 Å². The summed E-state index contributed by atoms with van der Waals surface area (Å²) in [5, 5.41) is 14.6. The fourth-order valence-electron chi connectivity index (χ4n) is 3.68. The van der Waals surface area contributed by atoms with Crippen LogP contribution in [-0.4, -0.2) is 56.6 Å². The number of halogens is 3. The molecule has 0 unspecified atom stereocenters. The molecule has 2 aromatic rings. The monoisotopic (exact) mass is 447 g/mol. The van der Waals surface area contributed by atoms with Gasteiger partial charge >= 0.3 is 12.1 Å². The third-order valence-electron chi connectivity index (χ3n) is 4.94. The zero-order valence-corrected chi connectivity index (χ0v) is 17.2. The average molecular weight is 448 g/mol. The number of hydrogen-bond donors (Lipinski definition) is 1. The topological polar surface area (TPSA) is 73.7 Å². The van der Waals surface area contributed by atoms with E-state index in [2.05, 4.69) is 37.0 Å². The van der Waals surface area contributed by atoms with Gasteiger partial charge in [0.1, 0.15) is 0 Å². The molecule has 0 bridgehead atoms. The Balaban J connectivity index is 0.000000298. The quantitative estimate of drug-likeness (QED) is 0.776. The molecule has 0 saturated carbocycles. The highest BCUT2D eigenvalue weighted by molar-refractivity contribution is 7.09. The van der Waals surface area contributed by atoms with Gasteiger partial charge in [0.05, 0.1) is 17.2 Å². The molecule has 2 aliphatic heterocycles. The van der Waals surface area contributed by atoms with E-state index in [0.29, 0.717) is 25.0 Å². The fraction of sp³-hybridized carbons (Fsp3) is 0.500. The molecule has 29 heavy (non-hydrogen) atoms. The lowest BCUT2D eigenvalue weighted by Crippen LogP contribution is -2.36. The number of aromatic nitrogens is 1. The maximum absolute atomic E-state index is 12.4. The second-order valence-electron chi connectivity index (χ2n) is 6.91.